The predicted octanol–water partition coefficient (Wildman–Crippen LogP) is 2.29. The number of halogens is 2. The Morgan fingerprint density at radius 3 is 2.90 bits per heavy atom. The maximum absolute atomic E-state index is 13.6. The van der Waals surface area contributed by atoms with E-state index in [0.717, 1.165) is 0 Å². The number of likely N-dealkylation sites (tertiary alicyclic amines) is 1. The molecule has 0 radical (unpaired) electrons. The Kier molecular flexibility index (Phi) is 5.17. The monoisotopic (exact) mass is 359 g/mol. The molecule has 1 aromatic rings. The minimum absolute atomic E-state index is 0.00153. The number of amides is 1. The molecule has 7 heteroatoms. The first-order chi connectivity index (χ1) is 9.97. The smallest absolute Gasteiger partial charge is 0.308 e. The van der Waals surface area contributed by atoms with Crippen LogP contribution in [-0.4, -0.2) is 41.6 Å². The molecule has 1 atom stereocenters. The molecule has 1 heterocycles. The third kappa shape index (κ3) is 4.17. The highest BCUT2D eigenvalue weighted by Gasteiger charge is 2.28. The minimum atomic E-state index is -0.896. The fraction of sp³-hybridized carbons (Fsp3) is 0.429. The van der Waals surface area contributed by atoms with Crippen molar-refractivity contribution in [2.24, 2.45) is 5.92 Å². The van der Waals surface area contributed by atoms with E-state index in [-0.39, 0.29) is 24.8 Å². The van der Waals surface area contributed by atoms with Gasteiger partial charge in [-0.1, -0.05) is 15.9 Å². The van der Waals surface area contributed by atoms with E-state index in [9.17, 15) is 14.0 Å². The summed E-state index contributed by atoms with van der Waals surface area (Å²) in [5.74, 6) is -2.32. The number of piperidine rings is 1. The first-order valence-electron chi connectivity index (χ1n) is 6.56. The second kappa shape index (κ2) is 6.89. The molecule has 1 aliphatic heterocycles. The third-order valence-electron chi connectivity index (χ3n) is 3.37. The van der Waals surface area contributed by atoms with Crippen LogP contribution in [0.25, 0.3) is 0 Å². The second-order valence-corrected chi connectivity index (χ2v) is 5.80. The van der Waals surface area contributed by atoms with Gasteiger partial charge >= 0.3 is 5.97 Å². The Balaban J connectivity index is 1.90. The summed E-state index contributed by atoms with van der Waals surface area (Å²) in [4.78, 5) is 24.4. The molecular formula is C14H15BrFNO4. The van der Waals surface area contributed by atoms with Crippen molar-refractivity contribution in [1.82, 2.24) is 4.90 Å². The molecule has 21 heavy (non-hydrogen) atoms. The van der Waals surface area contributed by atoms with Crippen LogP contribution in [0.1, 0.15) is 12.8 Å². The Bertz CT molecular complexity index is 552. The van der Waals surface area contributed by atoms with Gasteiger partial charge in [-0.25, -0.2) is 4.39 Å². The number of benzene rings is 1. The van der Waals surface area contributed by atoms with Gasteiger partial charge in [0.25, 0.3) is 5.91 Å². The molecule has 1 amide bonds. The quantitative estimate of drug-likeness (QED) is 0.895. The molecule has 1 aliphatic rings. The number of carboxylic acid groups (broad SMARTS) is 1. The number of nitrogens with zero attached hydrogens (tertiary/aromatic N) is 1. The summed E-state index contributed by atoms with van der Waals surface area (Å²) in [5, 5.41) is 8.98. The van der Waals surface area contributed by atoms with Crippen molar-refractivity contribution in [2.45, 2.75) is 12.8 Å². The van der Waals surface area contributed by atoms with Gasteiger partial charge in [0.05, 0.1) is 5.92 Å². The fourth-order valence-electron chi connectivity index (χ4n) is 2.23. The zero-order chi connectivity index (χ0) is 15.4. The molecule has 1 N–H and O–H groups in total. The van der Waals surface area contributed by atoms with Crippen molar-refractivity contribution >= 4 is 27.8 Å². The first kappa shape index (κ1) is 15.8. The number of hydrogen-bond acceptors (Lipinski definition) is 3. The molecule has 0 saturated carbocycles. The highest BCUT2D eigenvalue weighted by atomic mass is 79.9. The molecule has 5 nitrogen and oxygen atoms in total. The molecule has 1 fully saturated rings. The van der Waals surface area contributed by atoms with Gasteiger partial charge < -0.3 is 14.7 Å². The predicted molar refractivity (Wildman–Crippen MR) is 76.5 cm³/mol. The van der Waals surface area contributed by atoms with Crippen molar-refractivity contribution < 1.29 is 23.8 Å². The van der Waals surface area contributed by atoms with Crippen LogP contribution in [0.5, 0.6) is 5.75 Å². The van der Waals surface area contributed by atoms with Crippen LogP contribution in [0.4, 0.5) is 4.39 Å². The molecule has 2 rings (SSSR count). The normalized spacial score (nSPS) is 18.4. The number of rotatable bonds is 4. The van der Waals surface area contributed by atoms with Crippen LogP contribution < -0.4 is 4.74 Å². The standard InChI is InChI=1S/C14H15BrFNO4/c15-10-3-4-12(11(16)6-10)21-8-13(18)17-5-1-2-9(7-17)14(19)20/h3-4,6,9H,1-2,5,7-8H2,(H,19,20)/t9-/m1/s1. The van der Waals surface area contributed by atoms with E-state index in [2.05, 4.69) is 15.9 Å². The van der Waals surface area contributed by atoms with Crippen LogP contribution in [-0.2, 0) is 9.59 Å². The number of carbonyl (C=O) groups excluding carboxylic acids is 1. The van der Waals surface area contributed by atoms with Crippen molar-refractivity contribution in [3.63, 3.8) is 0 Å². The van der Waals surface area contributed by atoms with Gasteiger partial charge in [-0.3, -0.25) is 9.59 Å². The molecule has 0 spiro atoms. The van der Waals surface area contributed by atoms with Crippen LogP contribution >= 0.6 is 15.9 Å². The Labute approximate surface area is 129 Å². The van der Waals surface area contributed by atoms with Crippen LogP contribution in [0.2, 0.25) is 0 Å². The number of aliphatic carboxylic acids is 1. The van der Waals surface area contributed by atoms with Crippen LogP contribution in [0.3, 0.4) is 0 Å². The summed E-state index contributed by atoms with van der Waals surface area (Å²) in [6.07, 6.45) is 1.22. The summed E-state index contributed by atoms with van der Waals surface area (Å²) >= 11 is 3.13. The molecule has 0 unspecified atom stereocenters. The number of carbonyl (C=O) groups is 2. The van der Waals surface area contributed by atoms with E-state index in [4.69, 9.17) is 9.84 Å². The summed E-state index contributed by atoms with van der Waals surface area (Å²) in [5.41, 5.74) is 0. The van der Waals surface area contributed by atoms with Crippen molar-refractivity contribution in [2.75, 3.05) is 19.7 Å². The summed E-state index contributed by atoms with van der Waals surface area (Å²) in [6.45, 7) is 0.389. The SMILES string of the molecule is O=C(O)[C@@H]1CCCN(C(=O)COc2ccc(Br)cc2F)C1. The largest absolute Gasteiger partial charge is 0.481 e. The molecule has 0 aliphatic carbocycles. The molecule has 1 aromatic carbocycles. The Morgan fingerprint density at radius 2 is 2.24 bits per heavy atom. The Hall–Kier alpha value is -1.63. The van der Waals surface area contributed by atoms with Gasteiger partial charge in [0.1, 0.15) is 0 Å². The molecule has 114 valence electrons. The van der Waals surface area contributed by atoms with E-state index >= 15 is 0 Å². The maximum atomic E-state index is 13.6. The lowest BCUT2D eigenvalue weighted by molar-refractivity contribution is -0.146. The highest BCUT2D eigenvalue weighted by molar-refractivity contribution is 9.10. The summed E-state index contributed by atoms with van der Waals surface area (Å²) < 4.78 is 19.3. The van der Waals surface area contributed by atoms with E-state index in [1.165, 1.54) is 17.0 Å². The van der Waals surface area contributed by atoms with Gasteiger partial charge in [0.15, 0.2) is 18.2 Å². The zero-order valence-corrected chi connectivity index (χ0v) is 12.8. The fourth-order valence-corrected chi connectivity index (χ4v) is 2.56. The van der Waals surface area contributed by atoms with E-state index in [0.29, 0.717) is 23.9 Å². The van der Waals surface area contributed by atoms with Crippen LogP contribution in [0.15, 0.2) is 22.7 Å². The Morgan fingerprint density at radius 1 is 1.48 bits per heavy atom. The van der Waals surface area contributed by atoms with Crippen molar-refractivity contribution in [3.05, 3.63) is 28.5 Å². The lowest BCUT2D eigenvalue weighted by atomic mass is 9.98. The summed E-state index contributed by atoms with van der Waals surface area (Å²) in [6, 6.07) is 4.30. The molecule has 0 aromatic heterocycles. The highest BCUT2D eigenvalue weighted by Crippen LogP contribution is 2.22. The van der Waals surface area contributed by atoms with E-state index in [1.54, 1.807) is 6.07 Å². The summed E-state index contributed by atoms with van der Waals surface area (Å²) in [7, 11) is 0. The average molecular weight is 360 g/mol. The van der Waals surface area contributed by atoms with E-state index in [1.807, 2.05) is 0 Å². The molecule has 1 saturated heterocycles. The van der Waals surface area contributed by atoms with Gasteiger partial charge in [0.2, 0.25) is 0 Å². The topological polar surface area (TPSA) is 66.8 Å². The van der Waals surface area contributed by atoms with Crippen molar-refractivity contribution in [3.8, 4) is 5.75 Å². The lowest BCUT2D eigenvalue weighted by Gasteiger charge is -2.30. The second-order valence-electron chi connectivity index (χ2n) is 4.88. The lowest BCUT2D eigenvalue weighted by Crippen LogP contribution is -2.44. The first-order valence-corrected chi connectivity index (χ1v) is 7.35. The van der Waals surface area contributed by atoms with Crippen LogP contribution in [0, 0.1) is 11.7 Å². The van der Waals surface area contributed by atoms with E-state index < -0.39 is 17.7 Å². The number of hydrogen-bond donors (Lipinski definition) is 1. The minimum Gasteiger partial charge on any atom is -0.481 e. The van der Waals surface area contributed by atoms with Gasteiger partial charge in [-0.2, -0.15) is 0 Å². The number of carboxylic acids is 1. The average Bonchev–Trinajstić information content (AvgIpc) is 2.46. The third-order valence-corrected chi connectivity index (χ3v) is 3.86. The molecule has 0 bridgehead atoms. The molecular weight excluding hydrogens is 345 g/mol. The van der Waals surface area contributed by atoms with Gasteiger partial charge in [-0.05, 0) is 31.0 Å². The van der Waals surface area contributed by atoms with Crippen molar-refractivity contribution in [1.29, 1.82) is 0 Å². The van der Waals surface area contributed by atoms with Gasteiger partial charge in [-0.15, -0.1) is 0 Å². The van der Waals surface area contributed by atoms with Gasteiger partial charge in [0, 0.05) is 17.6 Å². The zero-order valence-electron chi connectivity index (χ0n) is 11.2. The maximum Gasteiger partial charge on any atom is 0.308 e. The number of ether oxygens (including phenoxy) is 1.